The number of nitrogens with one attached hydrogen (secondary N) is 1. The van der Waals surface area contributed by atoms with E-state index < -0.39 is 23.4 Å². The Morgan fingerprint density at radius 2 is 1.73 bits per heavy atom. The number of aromatic nitrogens is 3. The zero-order valence-corrected chi connectivity index (χ0v) is 25.5. The van der Waals surface area contributed by atoms with Crippen LogP contribution in [-0.2, 0) is 10.9 Å². The van der Waals surface area contributed by atoms with Gasteiger partial charge in [0.05, 0.1) is 24.4 Å². The van der Waals surface area contributed by atoms with Crippen molar-refractivity contribution in [3.05, 3.63) is 47.9 Å². The molecule has 44 heavy (non-hydrogen) atoms. The molecule has 1 saturated heterocycles. The van der Waals surface area contributed by atoms with Gasteiger partial charge < -0.3 is 19.7 Å². The maximum atomic E-state index is 13.1. The number of ether oxygens (including phenoxy) is 2. The average Bonchev–Trinajstić information content (AvgIpc) is 3.39. The van der Waals surface area contributed by atoms with Crippen LogP contribution in [0.5, 0.6) is 5.75 Å². The molecule has 1 saturated carbocycles. The minimum absolute atomic E-state index is 0.237. The zero-order valence-electron chi connectivity index (χ0n) is 25.5. The molecule has 1 aliphatic heterocycles. The third-order valence-corrected chi connectivity index (χ3v) is 8.09. The molecule has 0 spiro atoms. The predicted octanol–water partition coefficient (Wildman–Crippen LogP) is 6.00. The highest BCUT2D eigenvalue weighted by Crippen LogP contribution is 2.36. The minimum Gasteiger partial charge on any atom is -0.494 e. The monoisotopic (exact) mass is 616 g/mol. The number of hydrogen-bond acceptors (Lipinski definition) is 7. The van der Waals surface area contributed by atoms with E-state index in [1.807, 2.05) is 31.6 Å². The van der Waals surface area contributed by atoms with E-state index in [9.17, 15) is 22.8 Å². The Balaban J connectivity index is 1.17. The van der Waals surface area contributed by atoms with Gasteiger partial charge >= 0.3 is 12.3 Å². The summed E-state index contributed by atoms with van der Waals surface area (Å²) in [5, 5.41) is 8.20. The van der Waals surface area contributed by atoms with E-state index in [0.717, 1.165) is 62.8 Å². The number of fused-ring (bicyclic) bond motifs is 1. The lowest BCUT2D eigenvalue weighted by Crippen LogP contribution is -2.51. The summed E-state index contributed by atoms with van der Waals surface area (Å²) in [6, 6.07) is 6.86. The van der Waals surface area contributed by atoms with E-state index in [1.165, 1.54) is 13.2 Å². The third-order valence-electron chi connectivity index (χ3n) is 8.09. The van der Waals surface area contributed by atoms with E-state index in [2.05, 4.69) is 15.2 Å². The van der Waals surface area contributed by atoms with Gasteiger partial charge in [-0.1, -0.05) is 6.07 Å². The largest absolute Gasteiger partial charge is 0.494 e. The van der Waals surface area contributed by atoms with Crippen LogP contribution in [0.2, 0.25) is 0 Å². The number of benzene rings is 1. The first kappa shape index (κ1) is 31.6. The van der Waals surface area contributed by atoms with Crippen molar-refractivity contribution in [1.29, 1.82) is 0 Å². The van der Waals surface area contributed by atoms with E-state index in [1.54, 1.807) is 17.0 Å². The molecule has 1 N–H and O–H groups in total. The number of methoxy groups -OCH3 is 1. The highest BCUT2D eigenvalue weighted by atomic mass is 19.4. The quantitative estimate of drug-likeness (QED) is 0.363. The number of carbonyl (C=O) groups is 2. The van der Waals surface area contributed by atoms with Gasteiger partial charge in [0, 0.05) is 50.4 Å². The second-order valence-corrected chi connectivity index (χ2v) is 12.5. The van der Waals surface area contributed by atoms with Crippen molar-refractivity contribution < 1.29 is 32.2 Å². The number of hydrogen-bond donors (Lipinski definition) is 1. The Kier molecular flexibility index (Phi) is 9.05. The Hall–Kier alpha value is -3.87. The van der Waals surface area contributed by atoms with Crippen LogP contribution in [-0.4, -0.2) is 82.0 Å². The molecule has 0 atom stereocenters. The summed E-state index contributed by atoms with van der Waals surface area (Å²) in [6.45, 7) is 9.67. The van der Waals surface area contributed by atoms with E-state index in [4.69, 9.17) is 14.6 Å². The fourth-order valence-electron chi connectivity index (χ4n) is 5.83. The maximum Gasteiger partial charge on any atom is 0.433 e. The van der Waals surface area contributed by atoms with Gasteiger partial charge in [0.2, 0.25) is 0 Å². The Labute approximate surface area is 254 Å². The molecular weight excluding hydrogens is 577 g/mol. The summed E-state index contributed by atoms with van der Waals surface area (Å²) < 4.78 is 52.1. The van der Waals surface area contributed by atoms with Gasteiger partial charge in [-0.25, -0.2) is 9.78 Å². The van der Waals surface area contributed by atoms with Gasteiger partial charge in [-0.2, -0.15) is 18.3 Å². The fourth-order valence-corrected chi connectivity index (χ4v) is 5.83. The smallest absolute Gasteiger partial charge is 0.433 e. The van der Waals surface area contributed by atoms with Crippen molar-refractivity contribution in [1.82, 2.24) is 24.6 Å². The topological polar surface area (TPSA) is 102 Å². The van der Waals surface area contributed by atoms with Crippen molar-refractivity contribution in [3.63, 3.8) is 0 Å². The molecule has 2 fully saturated rings. The molecule has 1 aromatic carbocycles. The number of nitrogens with zero attached hydrogens (tertiary/aromatic N) is 5. The van der Waals surface area contributed by atoms with Gasteiger partial charge in [-0.15, -0.1) is 0 Å². The molecule has 2 aliphatic rings. The lowest BCUT2D eigenvalue weighted by Gasteiger charge is -2.38. The molecule has 10 nitrogen and oxygen atoms in total. The van der Waals surface area contributed by atoms with E-state index in [-0.39, 0.29) is 17.8 Å². The Morgan fingerprint density at radius 1 is 1.02 bits per heavy atom. The number of amides is 2. The number of alkyl halides is 3. The first-order valence-corrected chi connectivity index (χ1v) is 14.9. The van der Waals surface area contributed by atoms with Crippen molar-refractivity contribution >= 4 is 28.6 Å². The molecule has 238 valence electrons. The highest BCUT2D eigenvalue weighted by molar-refractivity contribution is 6.05. The second kappa shape index (κ2) is 12.6. The van der Waals surface area contributed by atoms with Crippen LogP contribution >= 0.6 is 0 Å². The van der Waals surface area contributed by atoms with Crippen LogP contribution in [0.1, 0.15) is 68.7 Å². The van der Waals surface area contributed by atoms with Crippen molar-refractivity contribution in [2.24, 2.45) is 5.92 Å². The third kappa shape index (κ3) is 7.61. The molecule has 5 rings (SSSR count). The summed E-state index contributed by atoms with van der Waals surface area (Å²) in [5.41, 5.74) is -0.963. The summed E-state index contributed by atoms with van der Waals surface area (Å²) in [7, 11) is 1.45. The lowest BCUT2D eigenvalue weighted by molar-refractivity contribution is -0.141. The van der Waals surface area contributed by atoms with Gasteiger partial charge in [-0.3, -0.25) is 14.4 Å². The molecule has 0 radical (unpaired) electrons. The van der Waals surface area contributed by atoms with Crippen LogP contribution in [0.3, 0.4) is 0 Å². The number of piperazine rings is 1. The highest BCUT2D eigenvalue weighted by Gasteiger charge is 2.33. The second-order valence-electron chi connectivity index (χ2n) is 12.5. The molecule has 3 aromatic rings. The zero-order chi connectivity index (χ0) is 31.6. The average molecular weight is 617 g/mol. The normalized spacial score (nSPS) is 20.0. The van der Waals surface area contributed by atoms with Gasteiger partial charge in [0.25, 0.3) is 5.91 Å². The lowest BCUT2D eigenvalue weighted by atomic mass is 9.85. The first-order valence-electron chi connectivity index (χ1n) is 14.9. The van der Waals surface area contributed by atoms with E-state index >= 15 is 0 Å². The number of halogens is 3. The number of pyridine rings is 1. The summed E-state index contributed by atoms with van der Waals surface area (Å²) in [5.74, 6) is 0.153. The number of carbonyl (C=O) groups excluding carboxylic acids is 2. The summed E-state index contributed by atoms with van der Waals surface area (Å²) >= 11 is 0. The Bertz CT molecular complexity index is 1490. The van der Waals surface area contributed by atoms with Crippen LogP contribution in [0, 0.1) is 5.92 Å². The molecule has 2 amide bonds. The van der Waals surface area contributed by atoms with Gasteiger partial charge in [0.1, 0.15) is 22.7 Å². The summed E-state index contributed by atoms with van der Waals surface area (Å²) in [6.07, 6.45) is 1.15. The van der Waals surface area contributed by atoms with Crippen molar-refractivity contribution in [2.75, 3.05) is 45.2 Å². The van der Waals surface area contributed by atoms with Crippen molar-refractivity contribution in [2.45, 2.75) is 64.3 Å². The molecule has 0 unspecified atom stereocenters. The summed E-state index contributed by atoms with van der Waals surface area (Å²) in [4.78, 5) is 32.8. The molecule has 1 aliphatic carbocycles. The van der Waals surface area contributed by atoms with E-state index in [0.29, 0.717) is 36.0 Å². The van der Waals surface area contributed by atoms with Gasteiger partial charge in [0.15, 0.2) is 0 Å². The van der Waals surface area contributed by atoms with Crippen LogP contribution in [0.4, 0.5) is 23.7 Å². The fraction of sp³-hybridized carbons (Fsp3) is 0.548. The van der Waals surface area contributed by atoms with Crippen LogP contribution < -0.4 is 10.1 Å². The molecule has 0 bridgehead atoms. The Morgan fingerprint density at radius 3 is 2.36 bits per heavy atom. The first-order chi connectivity index (χ1) is 20.8. The minimum atomic E-state index is -4.65. The molecule has 3 heterocycles. The van der Waals surface area contributed by atoms with Crippen LogP contribution in [0.25, 0.3) is 10.9 Å². The maximum absolute atomic E-state index is 13.1. The van der Waals surface area contributed by atoms with Gasteiger partial charge in [-0.05, 0) is 70.6 Å². The van der Waals surface area contributed by atoms with Crippen molar-refractivity contribution in [3.8, 4) is 5.75 Å². The molecule has 2 aromatic heterocycles. The predicted molar refractivity (Wildman–Crippen MR) is 159 cm³/mol. The van der Waals surface area contributed by atoms with Crippen LogP contribution in [0.15, 0.2) is 36.5 Å². The SMILES string of the molecule is COc1cc2nn(C3CCC(CN4CCN(C(=O)OC(C)(C)C)CC4)CC3)cc2cc1NC(=O)c1cccc(C(F)(F)F)n1. The number of rotatable bonds is 6. The molecule has 13 heteroatoms. The standard InChI is InChI=1S/C31H39F3N6O4/c1-30(2,3)44-29(42)39-14-12-38(13-15-39)18-20-8-10-22(11-9-20)40-19-21-16-25(26(43-4)17-24(21)37-40)36-28(41)23-6-5-7-27(35-23)31(32,33)34/h5-7,16-17,19-20,22H,8-15,18H2,1-4H3,(H,36,41). The molecular formula is C31H39F3N6O4. The number of anilines is 1.